The lowest BCUT2D eigenvalue weighted by molar-refractivity contribution is -0.112. The monoisotopic (exact) mass is 290 g/mol. The molecule has 3 heteroatoms. The minimum atomic E-state index is -0.397. The minimum Gasteiger partial charge on any atom is -0.321 e. The fourth-order valence-electron chi connectivity index (χ4n) is 2.00. The predicted octanol–water partition coefficient (Wildman–Crippen LogP) is 4.10. The second kappa shape index (κ2) is 7.24. The van der Waals surface area contributed by atoms with Gasteiger partial charge < -0.3 is 5.32 Å². The van der Waals surface area contributed by atoms with Gasteiger partial charge in [-0.2, -0.15) is 5.26 Å². The number of carbonyl (C=O) groups is 1. The van der Waals surface area contributed by atoms with E-state index in [1.165, 1.54) is 5.56 Å². The van der Waals surface area contributed by atoms with Gasteiger partial charge in [0.1, 0.15) is 11.6 Å². The van der Waals surface area contributed by atoms with Crippen molar-refractivity contribution in [1.29, 1.82) is 5.26 Å². The van der Waals surface area contributed by atoms with Gasteiger partial charge in [0.15, 0.2) is 0 Å². The molecule has 2 aromatic rings. The largest absolute Gasteiger partial charge is 0.321 e. The molecule has 0 atom stereocenters. The molecular formula is C19H18N2O. The normalized spacial score (nSPS) is 10.9. The average Bonchev–Trinajstić information content (AvgIpc) is 2.55. The summed E-state index contributed by atoms with van der Waals surface area (Å²) >= 11 is 0. The number of hydrogen-bond donors (Lipinski definition) is 1. The van der Waals surface area contributed by atoms with Gasteiger partial charge in [0.05, 0.1) is 0 Å². The minimum absolute atomic E-state index is 0.0878. The number of amides is 1. The summed E-state index contributed by atoms with van der Waals surface area (Å²) in [6, 6.07) is 17.2. The van der Waals surface area contributed by atoms with E-state index in [9.17, 15) is 10.1 Å². The van der Waals surface area contributed by atoms with Gasteiger partial charge in [0, 0.05) is 5.69 Å². The van der Waals surface area contributed by atoms with Crippen LogP contribution in [0.3, 0.4) is 0 Å². The Morgan fingerprint density at radius 1 is 1.14 bits per heavy atom. The van der Waals surface area contributed by atoms with Crippen LogP contribution >= 0.6 is 0 Å². The Balaban J connectivity index is 2.15. The lowest BCUT2D eigenvalue weighted by Crippen LogP contribution is -2.13. The molecule has 0 aliphatic carbocycles. The summed E-state index contributed by atoms with van der Waals surface area (Å²) in [6.45, 7) is 4.06. The molecule has 2 rings (SSSR count). The number of nitriles is 1. The maximum Gasteiger partial charge on any atom is 0.266 e. The van der Waals surface area contributed by atoms with E-state index in [1.54, 1.807) is 6.08 Å². The zero-order valence-corrected chi connectivity index (χ0v) is 12.8. The van der Waals surface area contributed by atoms with Crippen LogP contribution in [0.25, 0.3) is 6.08 Å². The van der Waals surface area contributed by atoms with Crippen molar-refractivity contribution < 1.29 is 4.79 Å². The highest BCUT2D eigenvalue weighted by Crippen LogP contribution is 2.13. The highest BCUT2D eigenvalue weighted by atomic mass is 16.1. The van der Waals surface area contributed by atoms with Gasteiger partial charge >= 0.3 is 0 Å². The van der Waals surface area contributed by atoms with Gasteiger partial charge in [-0.1, -0.05) is 48.9 Å². The van der Waals surface area contributed by atoms with Crippen LogP contribution in [0.15, 0.2) is 54.1 Å². The first-order chi connectivity index (χ1) is 10.6. The van der Waals surface area contributed by atoms with Crippen LogP contribution in [0, 0.1) is 18.3 Å². The SMILES string of the molecule is CCc1ccc(/C=C(\C#N)C(=O)Nc2ccc(C)cc2)cc1. The summed E-state index contributed by atoms with van der Waals surface area (Å²) < 4.78 is 0. The molecule has 0 aliphatic heterocycles. The Labute approximate surface area is 130 Å². The van der Waals surface area contributed by atoms with E-state index >= 15 is 0 Å². The van der Waals surface area contributed by atoms with Crippen molar-refractivity contribution >= 4 is 17.7 Å². The Hall–Kier alpha value is -2.86. The summed E-state index contributed by atoms with van der Waals surface area (Å²) in [4.78, 5) is 12.2. The average molecular weight is 290 g/mol. The zero-order valence-electron chi connectivity index (χ0n) is 12.8. The van der Waals surface area contributed by atoms with Crippen molar-refractivity contribution in [2.45, 2.75) is 20.3 Å². The van der Waals surface area contributed by atoms with E-state index < -0.39 is 5.91 Å². The van der Waals surface area contributed by atoms with E-state index in [0.29, 0.717) is 5.69 Å². The smallest absolute Gasteiger partial charge is 0.266 e. The fraction of sp³-hybridized carbons (Fsp3) is 0.158. The Morgan fingerprint density at radius 3 is 2.32 bits per heavy atom. The Morgan fingerprint density at radius 2 is 1.77 bits per heavy atom. The van der Waals surface area contributed by atoms with Gasteiger partial charge in [0.25, 0.3) is 5.91 Å². The number of anilines is 1. The lowest BCUT2D eigenvalue weighted by atomic mass is 10.1. The predicted molar refractivity (Wildman–Crippen MR) is 89.2 cm³/mol. The molecule has 0 saturated carbocycles. The number of aryl methyl sites for hydroxylation is 2. The molecule has 0 unspecified atom stereocenters. The summed E-state index contributed by atoms with van der Waals surface area (Å²) in [6.07, 6.45) is 2.56. The first-order valence-corrected chi connectivity index (χ1v) is 7.21. The Bertz CT molecular complexity index is 720. The fourth-order valence-corrected chi connectivity index (χ4v) is 2.00. The number of nitrogens with one attached hydrogen (secondary N) is 1. The van der Waals surface area contributed by atoms with Crippen LogP contribution in [0.1, 0.15) is 23.6 Å². The number of nitrogens with zero attached hydrogens (tertiary/aromatic N) is 1. The maximum absolute atomic E-state index is 12.2. The van der Waals surface area contributed by atoms with Crippen molar-refractivity contribution in [1.82, 2.24) is 0 Å². The van der Waals surface area contributed by atoms with Crippen molar-refractivity contribution in [3.05, 3.63) is 70.8 Å². The van der Waals surface area contributed by atoms with E-state index in [-0.39, 0.29) is 5.57 Å². The second-order valence-corrected chi connectivity index (χ2v) is 5.09. The van der Waals surface area contributed by atoms with Crippen LogP contribution in [0.4, 0.5) is 5.69 Å². The quantitative estimate of drug-likeness (QED) is 0.680. The number of carbonyl (C=O) groups excluding carboxylic acids is 1. The zero-order chi connectivity index (χ0) is 15.9. The van der Waals surface area contributed by atoms with Crippen molar-refractivity contribution in [2.75, 3.05) is 5.32 Å². The summed E-state index contributed by atoms with van der Waals surface area (Å²) in [7, 11) is 0. The number of hydrogen-bond acceptors (Lipinski definition) is 2. The molecule has 0 radical (unpaired) electrons. The molecule has 0 bridgehead atoms. The molecular weight excluding hydrogens is 272 g/mol. The van der Waals surface area contributed by atoms with Crippen LogP contribution in [-0.2, 0) is 11.2 Å². The number of rotatable bonds is 4. The third-order valence-corrected chi connectivity index (χ3v) is 3.37. The summed E-state index contributed by atoms with van der Waals surface area (Å²) in [5, 5.41) is 11.9. The van der Waals surface area contributed by atoms with Crippen LogP contribution in [-0.4, -0.2) is 5.91 Å². The topological polar surface area (TPSA) is 52.9 Å². The van der Waals surface area contributed by atoms with E-state index in [1.807, 2.05) is 61.5 Å². The maximum atomic E-state index is 12.2. The molecule has 110 valence electrons. The van der Waals surface area contributed by atoms with Gasteiger partial charge in [-0.3, -0.25) is 4.79 Å². The van der Waals surface area contributed by atoms with Crippen molar-refractivity contribution in [3.8, 4) is 6.07 Å². The molecule has 1 amide bonds. The van der Waals surface area contributed by atoms with E-state index in [4.69, 9.17) is 0 Å². The van der Waals surface area contributed by atoms with E-state index in [2.05, 4.69) is 12.2 Å². The molecule has 0 spiro atoms. The van der Waals surface area contributed by atoms with Crippen molar-refractivity contribution in [2.24, 2.45) is 0 Å². The van der Waals surface area contributed by atoms with Gasteiger partial charge in [0.2, 0.25) is 0 Å². The number of benzene rings is 2. The molecule has 0 saturated heterocycles. The molecule has 0 heterocycles. The molecule has 0 aromatic heterocycles. The van der Waals surface area contributed by atoms with E-state index in [0.717, 1.165) is 17.5 Å². The first-order valence-electron chi connectivity index (χ1n) is 7.21. The third-order valence-electron chi connectivity index (χ3n) is 3.37. The third kappa shape index (κ3) is 4.07. The standard InChI is InChI=1S/C19H18N2O/c1-3-15-6-8-16(9-7-15)12-17(13-20)19(22)21-18-10-4-14(2)5-11-18/h4-12H,3H2,1-2H3,(H,21,22)/b17-12+. The molecule has 0 aliphatic rings. The first kappa shape index (κ1) is 15.5. The summed E-state index contributed by atoms with van der Waals surface area (Å²) in [5.74, 6) is -0.397. The lowest BCUT2D eigenvalue weighted by Gasteiger charge is -2.05. The molecule has 2 aromatic carbocycles. The van der Waals surface area contributed by atoms with Crippen LogP contribution in [0.5, 0.6) is 0 Å². The highest BCUT2D eigenvalue weighted by Gasteiger charge is 2.09. The van der Waals surface area contributed by atoms with Gasteiger partial charge in [-0.05, 0) is 42.7 Å². The van der Waals surface area contributed by atoms with Crippen LogP contribution < -0.4 is 5.32 Å². The molecule has 0 fully saturated rings. The molecule has 3 nitrogen and oxygen atoms in total. The summed E-state index contributed by atoms with van der Waals surface area (Å²) in [5.41, 5.74) is 3.94. The van der Waals surface area contributed by atoms with Gasteiger partial charge in [-0.15, -0.1) is 0 Å². The highest BCUT2D eigenvalue weighted by molar-refractivity contribution is 6.09. The molecule has 22 heavy (non-hydrogen) atoms. The van der Waals surface area contributed by atoms with Crippen LogP contribution in [0.2, 0.25) is 0 Å². The Kier molecular flexibility index (Phi) is 5.11. The van der Waals surface area contributed by atoms with Gasteiger partial charge in [-0.25, -0.2) is 0 Å². The van der Waals surface area contributed by atoms with Crippen molar-refractivity contribution in [3.63, 3.8) is 0 Å². The second-order valence-electron chi connectivity index (χ2n) is 5.09. The molecule has 1 N–H and O–H groups in total.